The molecule has 0 aliphatic rings. The number of aromatic nitrogens is 3. The van der Waals surface area contributed by atoms with Crippen LogP contribution in [0, 0.1) is 11.7 Å². The summed E-state index contributed by atoms with van der Waals surface area (Å²) < 4.78 is 2.18. The molecule has 3 N–H and O–H groups in total. The Bertz CT molecular complexity index is 672. The van der Waals surface area contributed by atoms with E-state index >= 15 is 0 Å². The Morgan fingerprint density at radius 1 is 1.67 bits per heavy atom. The van der Waals surface area contributed by atoms with Crippen LogP contribution in [0.2, 0.25) is 0 Å². The van der Waals surface area contributed by atoms with Gasteiger partial charge in [0.2, 0.25) is 5.91 Å². The number of aryl methyl sites for hydroxylation is 1. The summed E-state index contributed by atoms with van der Waals surface area (Å²) in [6.07, 6.45) is 2.26. The lowest BCUT2D eigenvalue weighted by Crippen LogP contribution is -2.43. The second-order valence-corrected chi connectivity index (χ2v) is 4.97. The molecule has 0 fully saturated rings. The molecule has 0 aromatic carbocycles. The molecule has 0 spiro atoms. The van der Waals surface area contributed by atoms with Gasteiger partial charge in [0, 0.05) is 6.20 Å². The maximum absolute atomic E-state index is 11.7. The van der Waals surface area contributed by atoms with Crippen LogP contribution in [0.5, 0.6) is 0 Å². The molecule has 5 nitrogen and oxygen atoms in total. The van der Waals surface area contributed by atoms with Crippen LogP contribution in [0.1, 0.15) is 25.8 Å². The van der Waals surface area contributed by atoms with Crippen molar-refractivity contribution in [3.8, 4) is 0 Å². The average Bonchev–Trinajstić information content (AvgIpc) is 2.66. The summed E-state index contributed by atoms with van der Waals surface area (Å²) >= 11 is 5.31. The highest BCUT2D eigenvalue weighted by Crippen LogP contribution is 2.26. The van der Waals surface area contributed by atoms with Gasteiger partial charge in [-0.25, -0.2) is 4.98 Å². The number of amides is 1. The lowest BCUT2D eigenvalue weighted by molar-refractivity contribution is -0.125. The predicted molar refractivity (Wildman–Crippen MR) is 72.8 cm³/mol. The zero-order valence-electron chi connectivity index (χ0n) is 10.7. The van der Waals surface area contributed by atoms with Crippen LogP contribution in [0.15, 0.2) is 12.3 Å². The normalized spacial score (nSPS) is 14.6. The van der Waals surface area contributed by atoms with Crippen LogP contribution in [-0.2, 0) is 10.3 Å². The van der Waals surface area contributed by atoms with E-state index in [1.807, 2.05) is 19.9 Å². The largest absolute Gasteiger partial charge is 0.368 e. The van der Waals surface area contributed by atoms with Gasteiger partial charge in [0.25, 0.3) is 0 Å². The molecule has 0 bridgehead atoms. The van der Waals surface area contributed by atoms with Crippen molar-refractivity contribution in [1.82, 2.24) is 14.5 Å². The van der Waals surface area contributed by atoms with Gasteiger partial charge in [-0.2, -0.15) is 0 Å². The summed E-state index contributed by atoms with van der Waals surface area (Å²) in [6.45, 7) is 5.65. The van der Waals surface area contributed by atoms with Crippen molar-refractivity contribution < 1.29 is 4.79 Å². The van der Waals surface area contributed by atoms with Gasteiger partial charge >= 0.3 is 0 Å². The first-order chi connectivity index (χ1) is 8.41. The summed E-state index contributed by atoms with van der Waals surface area (Å²) in [6, 6.07) is 1.89. The number of H-pyrrole nitrogens is 1. The Morgan fingerprint density at radius 2 is 2.33 bits per heavy atom. The lowest BCUT2D eigenvalue weighted by Gasteiger charge is -2.26. The second-order valence-electron chi connectivity index (χ2n) is 4.58. The van der Waals surface area contributed by atoms with Crippen LogP contribution < -0.4 is 5.73 Å². The quantitative estimate of drug-likeness (QED) is 0.833. The van der Waals surface area contributed by atoms with E-state index in [-0.39, 0.29) is 0 Å². The van der Waals surface area contributed by atoms with Gasteiger partial charge in [-0.15, -0.1) is 0 Å². The number of fused-ring (bicyclic) bond motifs is 1. The van der Waals surface area contributed by atoms with Gasteiger partial charge in [0.05, 0.1) is 5.52 Å². The van der Waals surface area contributed by atoms with Crippen LogP contribution >= 0.6 is 12.2 Å². The van der Waals surface area contributed by atoms with E-state index in [2.05, 4.69) is 9.97 Å². The highest BCUT2D eigenvalue weighted by Gasteiger charge is 2.33. The number of aromatic amines is 1. The molecule has 18 heavy (non-hydrogen) atoms. The van der Waals surface area contributed by atoms with Crippen molar-refractivity contribution in [2.75, 3.05) is 0 Å². The molecular weight excluding hydrogens is 248 g/mol. The highest BCUT2D eigenvalue weighted by molar-refractivity contribution is 7.71. The van der Waals surface area contributed by atoms with Crippen molar-refractivity contribution >= 4 is 29.3 Å². The fraction of sp³-hybridized carbons (Fsp3) is 0.417. The summed E-state index contributed by atoms with van der Waals surface area (Å²) in [5.41, 5.74) is 7.21. The minimum absolute atomic E-state index is 0.412. The monoisotopic (exact) mass is 264 g/mol. The Morgan fingerprint density at radius 3 is 2.89 bits per heavy atom. The van der Waals surface area contributed by atoms with E-state index in [4.69, 9.17) is 18.0 Å². The first-order valence-electron chi connectivity index (χ1n) is 5.78. The Balaban J connectivity index is 2.87. The van der Waals surface area contributed by atoms with Crippen LogP contribution in [-0.4, -0.2) is 20.4 Å². The van der Waals surface area contributed by atoms with Gasteiger partial charge < -0.3 is 10.7 Å². The molecule has 96 valence electrons. The summed E-state index contributed by atoms with van der Waals surface area (Å²) in [7, 11) is 0. The van der Waals surface area contributed by atoms with Gasteiger partial charge in [-0.3, -0.25) is 9.36 Å². The number of hydrogen-bond acceptors (Lipinski definition) is 3. The number of hydrogen-bond donors (Lipinski definition) is 2. The fourth-order valence-electron chi connectivity index (χ4n) is 2.03. The number of carbonyl (C=O) groups excluding carboxylic acids is 1. The number of rotatable bonds is 3. The van der Waals surface area contributed by atoms with Crippen molar-refractivity contribution in [1.29, 1.82) is 0 Å². The number of carbonyl (C=O) groups is 1. The Labute approximate surface area is 110 Å². The van der Waals surface area contributed by atoms with Gasteiger partial charge in [0.1, 0.15) is 5.54 Å². The van der Waals surface area contributed by atoms with E-state index in [1.165, 1.54) is 0 Å². The molecule has 2 heterocycles. The van der Waals surface area contributed by atoms with Crippen molar-refractivity contribution in [3.05, 3.63) is 22.6 Å². The minimum atomic E-state index is -0.865. The van der Waals surface area contributed by atoms with Crippen molar-refractivity contribution in [2.45, 2.75) is 32.7 Å². The molecule has 1 atom stereocenters. The van der Waals surface area contributed by atoms with E-state index in [9.17, 15) is 4.79 Å². The molecule has 1 amide bonds. The second kappa shape index (κ2) is 4.20. The number of imidazole rings is 1. The van der Waals surface area contributed by atoms with Crippen molar-refractivity contribution in [2.24, 2.45) is 5.73 Å². The third kappa shape index (κ3) is 1.64. The molecule has 0 aliphatic heterocycles. The first kappa shape index (κ1) is 12.8. The molecule has 0 saturated heterocycles. The third-order valence-electron chi connectivity index (χ3n) is 3.50. The van der Waals surface area contributed by atoms with Gasteiger partial charge in [-0.1, -0.05) is 6.92 Å². The van der Waals surface area contributed by atoms with Crippen LogP contribution in [0.3, 0.4) is 0 Å². The fourth-order valence-corrected chi connectivity index (χ4v) is 2.42. The van der Waals surface area contributed by atoms with E-state index < -0.39 is 11.4 Å². The summed E-state index contributed by atoms with van der Waals surface area (Å²) in [5.74, 6) is -0.412. The topological polar surface area (TPSA) is 76.7 Å². The SMILES string of the molecule is CCC(C)(C(N)=O)n1c(=S)[nH]c2c(C)ccnc21. The zero-order chi connectivity index (χ0) is 13.5. The summed E-state index contributed by atoms with van der Waals surface area (Å²) in [4.78, 5) is 19.2. The van der Waals surface area contributed by atoms with E-state index in [0.29, 0.717) is 16.8 Å². The lowest BCUT2D eigenvalue weighted by atomic mass is 9.98. The average molecular weight is 264 g/mol. The third-order valence-corrected chi connectivity index (χ3v) is 3.78. The predicted octanol–water partition coefficient (Wildman–Crippen LogP) is 2.01. The van der Waals surface area contributed by atoms with Gasteiger partial charge in [-0.05, 0) is 44.1 Å². The van der Waals surface area contributed by atoms with Gasteiger partial charge in [0.15, 0.2) is 10.4 Å². The smallest absolute Gasteiger partial charge is 0.243 e. The standard InChI is InChI=1S/C12H16N4OS/c1-4-12(3,10(13)17)16-9-8(15-11(16)18)7(2)5-6-14-9/h5-6H,4H2,1-3H3,(H2,13,17)(H,15,18). The van der Waals surface area contributed by atoms with E-state index in [1.54, 1.807) is 17.7 Å². The van der Waals surface area contributed by atoms with Crippen molar-refractivity contribution in [3.63, 3.8) is 0 Å². The van der Waals surface area contributed by atoms with Crippen LogP contribution in [0.4, 0.5) is 0 Å². The van der Waals surface area contributed by atoms with E-state index in [0.717, 1.165) is 11.1 Å². The Hall–Kier alpha value is -1.69. The molecule has 2 aromatic heterocycles. The number of pyridine rings is 1. The number of primary amides is 1. The number of nitrogens with one attached hydrogen (secondary N) is 1. The molecule has 1 unspecified atom stereocenters. The highest BCUT2D eigenvalue weighted by atomic mass is 32.1. The molecule has 6 heteroatoms. The molecular formula is C12H16N4OS. The molecule has 0 saturated carbocycles. The maximum Gasteiger partial charge on any atom is 0.243 e. The minimum Gasteiger partial charge on any atom is -0.368 e. The number of nitrogens with zero attached hydrogens (tertiary/aromatic N) is 2. The maximum atomic E-state index is 11.7. The molecule has 2 aromatic rings. The van der Waals surface area contributed by atoms with Crippen LogP contribution in [0.25, 0.3) is 11.2 Å². The Kier molecular flexibility index (Phi) is 2.98. The number of nitrogens with two attached hydrogens (primary N) is 1. The summed E-state index contributed by atoms with van der Waals surface area (Å²) in [5, 5.41) is 0. The molecule has 2 rings (SSSR count). The zero-order valence-corrected chi connectivity index (χ0v) is 11.5. The molecule has 0 radical (unpaired) electrons. The molecule has 0 aliphatic carbocycles. The first-order valence-corrected chi connectivity index (χ1v) is 6.19.